The molecule has 1 saturated heterocycles. The number of furan rings is 1. The van der Waals surface area contributed by atoms with E-state index in [4.69, 9.17) is 13.6 Å². The number of rotatable bonds is 6. The molecule has 2 aromatic heterocycles. The number of aryl methyl sites for hydroxylation is 1. The molecule has 0 aromatic carbocycles. The van der Waals surface area contributed by atoms with Crippen LogP contribution in [0.15, 0.2) is 26.4 Å². The van der Waals surface area contributed by atoms with E-state index in [1.807, 2.05) is 6.92 Å². The third kappa shape index (κ3) is 4.09. The van der Waals surface area contributed by atoms with Crippen LogP contribution in [0.3, 0.4) is 0 Å². The van der Waals surface area contributed by atoms with Crippen LogP contribution in [-0.4, -0.2) is 51.9 Å². The summed E-state index contributed by atoms with van der Waals surface area (Å²) in [7, 11) is 0. The molecule has 9 heteroatoms. The van der Waals surface area contributed by atoms with Crippen molar-refractivity contribution in [2.24, 2.45) is 0 Å². The van der Waals surface area contributed by atoms with Gasteiger partial charge in [-0.15, -0.1) is 10.2 Å². The number of nitrogens with zero attached hydrogens (tertiary/aromatic N) is 3. The lowest BCUT2D eigenvalue weighted by atomic mass is 10.0. The van der Waals surface area contributed by atoms with Crippen LogP contribution in [0, 0.1) is 6.92 Å². The zero-order chi connectivity index (χ0) is 18.5. The summed E-state index contributed by atoms with van der Waals surface area (Å²) in [5.41, 5.74) is 0.731. The van der Waals surface area contributed by atoms with Crippen LogP contribution in [0.2, 0.25) is 0 Å². The molecule has 0 aliphatic carbocycles. The Hall–Kier alpha value is -2.29. The molecule has 0 radical (unpaired) electrons. The Balaban J connectivity index is 1.60. The van der Waals surface area contributed by atoms with Gasteiger partial charge in [0.25, 0.3) is 11.1 Å². The first-order chi connectivity index (χ1) is 12.6. The lowest BCUT2D eigenvalue weighted by molar-refractivity contribution is -0.155. The summed E-state index contributed by atoms with van der Waals surface area (Å²) >= 11 is 1.16. The second-order valence-electron chi connectivity index (χ2n) is 5.90. The van der Waals surface area contributed by atoms with Crippen LogP contribution in [0.5, 0.6) is 0 Å². The minimum atomic E-state index is -0.497. The number of ether oxygens (including phenoxy) is 1. The Labute approximate surface area is 155 Å². The molecule has 1 fully saturated rings. The fraction of sp³-hybridized carbons (Fsp3) is 0.529. The predicted octanol–water partition coefficient (Wildman–Crippen LogP) is 2.67. The van der Waals surface area contributed by atoms with Crippen LogP contribution >= 0.6 is 11.8 Å². The molecule has 1 amide bonds. The summed E-state index contributed by atoms with van der Waals surface area (Å²) in [6.07, 6.45) is 3.99. The molecule has 3 rings (SSSR count). The van der Waals surface area contributed by atoms with E-state index in [1.54, 1.807) is 24.2 Å². The van der Waals surface area contributed by atoms with Crippen LogP contribution in [-0.2, 0) is 14.3 Å². The quantitative estimate of drug-likeness (QED) is 0.558. The highest BCUT2D eigenvalue weighted by molar-refractivity contribution is 7.99. The van der Waals surface area contributed by atoms with E-state index < -0.39 is 6.04 Å². The number of esters is 1. The normalized spacial score (nSPS) is 17.3. The number of hydrogen-bond acceptors (Lipinski definition) is 8. The largest absolute Gasteiger partial charge is 0.469 e. The molecule has 0 bridgehead atoms. The van der Waals surface area contributed by atoms with Gasteiger partial charge in [-0.3, -0.25) is 4.79 Å². The molecule has 2 aromatic rings. The summed E-state index contributed by atoms with van der Waals surface area (Å²) in [4.78, 5) is 26.3. The summed E-state index contributed by atoms with van der Waals surface area (Å²) in [6.45, 7) is 4.44. The molecule has 0 saturated carbocycles. The molecular weight excluding hydrogens is 358 g/mol. The number of carbonyl (C=O) groups is 2. The smallest absolute Gasteiger partial charge is 0.328 e. The van der Waals surface area contributed by atoms with Gasteiger partial charge in [-0.1, -0.05) is 11.8 Å². The van der Waals surface area contributed by atoms with Gasteiger partial charge in [-0.25, -0.2) is 4.79 Å². The molecule has 8 nitrogen and oxygen atoms in total. The second kappa shape index (κ2) is 8.39. The Morgan fingerprint density at radius 3 is 2.96 bits per heavy atom. The topological polar surface area (TPSA) is 98.7 Å². The average Bonchev–Trinajstić information content (AvgIpc) is 3.28. The van der Waals surface area contributed by atoms with Gasteiger partial charge in [0.15, 0.2) is 0 Å². The van der Waals surface area contributed by atoms with Gasteiger partial charge in [-0.2, -0.15) is 0 Å². The molecule has 140 valence electrons. The standard InChI is InChI=1S/C17H21N3O5S/c1-3-23-16(22)13-6-4-5-8-20(13)14(21)10-26-17-19-18-15(25-17)12-7-9-24-11(12)2/h7,9,13H,3-6,8,10H2,1-2H3/t13-/m0/s1. The Bertz CT molecular complexity index is 772. The lowest BCUT2D eigenvalue weighted by Gasteiger charge is -2.33. The van der Waals surface area contributed by atoms with Gasteiger partial charge >= 0.3 is 5.97 Å². The van der Waals surface area contributed by atoms with Crippen molar-refractivity contribution in [3.63, 3.8) is 0 Å². The van der Waals surface area contributed by atoms with Crippen LogP contribution in [0.1, 0.15) is 31.9 Å². The molecule has 1 atom stereocenters. The van der Waals surface area contributed by atoms with Crippen LogP contribution < -0.4 is 0 Å². The van der Waals surface area contributed by atoms with Crippen LogP contribution in [0.4, 0.5) is 0 Å². The van der Waals surface area contributed by atoms with E-state index in [9.17, 15) is 9.59 Å². The lowest BCUT2D eigenvalue weighted by Crippen LogP contribution is -2.49. The van der Waals surface area contributed by atoms with Crippen molar-refractivity contribution in [3.05, 3.63) is 18.1 Å². The summed E-state index contributed by atoms with van der Waals surface area (Å²) in [5, 5.41) is 8.24. The van der Waals surface area contributed by atoms with Gasteiger partial charge in [0.1, 0.15) is 11.8 Å². The van der Waals surface area contributed by atoms with Crippen molar-refractivity contribution >= 4 is 23.6 Å². The monoisotopic (exact) mass is 379 g/mol. The molecule has 0 unspecified atom stereocenters. The molecule has 0 spiro atoms. The Kier molecular flexibility index (Phi) is 5.97. The summed E-state index contributed by atoms with van der Waals surface area (Å²) in [5.74, 6) is 0.704. The maximum absolute atomic E-state index is 12.6. The number of piperidine rings is 1. The number of likely N-dealkylation sites (tertiary alicyclic amines) is 1. The number of aromatic nitrogens is 2. The minimum Gasteiger partial charge on any atom is -0.469 e. The second-order valence-corrected chi connectivity index (χ2v) is 6.83. The number of carbonyl (C=O) groups excluding carboxylic acids is 2. The highest BCUT2D eigenvalue weighted by atomic mass is 32.2. The fourth-order valence-electron chi connectivity index (χ4n) is 2.90. The summed E-state index contributed by atoms with van der Waals surface area (Å²) in [6, 6.07) is 1.25. The van der Waals surface area contributed by atoms with Crippen molar-refractivity contribution in [1.29, 1.82) is 0 Å². The SMILES string of the molecule is CCOC(=O)[C@@H]1CCCCN1C(=O)CSc1nnc(-c2ccoc2C)o1. The minimum absolute atomic E-state index is 0.127. The van der Waals surface area contributed by atoms with Gasteiger partial charge < -0.3 is 18.5 Å². The van der Waals surface area contributed by atoms with Crippen molar-refractivity contribution in [2.75, 3.05) is 18.9 Å². The molecule has 1 aliphatic rings. The van der Waals surface area contributed by atoms with E-state index >= 15 is 0 Å². The van der Waals surface area contributed by atoms with Crippen molar-refractivity contribution in [2.45, 2.75) is 44.4 Å². The van der Waals surface area contributed by atoms with E-state index in [1.165, 1.54) is 0 Å². The van der Waals surface area contributed by atoms with Gasteiger partial charge in [-0.05, 0) is 39.2 Å². The highest BCUT2D eigenvalue weighted by Crippen LogP contribution is 2.27. The van der Waals surface area contributed by atoms with E-state index in [-0.39, 0.29) is 17.6 Å². The molecule has 0 N–H and O–H groups in total. The predicted molar refractivity (Wildman–Crippen MR) is 93.4 cm³/mol. The zero-order valence-corrected chi connectivity index (χ0v) is 15.6. The number of hydrogen-bond donors (Lipinski definition) is 0. The fourth-order valence-corrected chi connectivity index (χ4v) is 3.55. The number of thioether (sulfide) groups is 1. The molecule has 26 heavy (non-hydrogen) atoms. The number of amides is 1. The third-order valence-electron chi connectivity index (χ3n) is 4.20. The van der Waals surface area contributed by atoms with Crippen molar-refractivity contribution in [3.8, 4) is 11.5 Å². The Morgan fingerprint density at radius 2 is 2.23 bits per heavy atom. The third-order valence-corrected chi connectivity index (χ3v) is 5.00. The van der Waals surface area contributed by atoms with E-state index in [0.29, 0.717) is 36.4 Å². The summed E-state index contributed by atoms with van der Waals surface area (Å²) < 4.78 is 15.9. The first-order valence-electron chi connectivity index (χ1n) is 8.57. The van der Waals surface area contributed by atoms with Gasteiger partial charge in [0.2, 0.25) is 5.91 Å². The molecule has 1 aliphatic heterocycles. The maximum atomic E-state index is 12.6. The first-order valence-corrected chi connectivity index (χ1v) is 9.55. The first kappa shape index (κ1) is 18.5. The molecule has 3 heterocycles. The zero-order valence-electron chi connectivity index (χ0n) is 14.8. The van der Waals surface area contributed by atoms with Crippen molar-refractivity contribution < 1.29 is 23.2 Å². The van der Waals surface area contributed by atoms with Gasteiger partial charge in [0, 0.05) is 6.54 Å². The molecular formula is C17H21N3O5S. The Morgan fingerprint density at radius 1 is 1.38 bits per heavy atom. The highest BCUT2D eigenvalue weighted by Gasteiger charge is 2.33. The van der Waals surface area contributed by atoms with E-state index in [2.05, 4.69) is 10.2 Å². The average molecular weight is 379 g/mol. The van der Waals surface area contributed by atoms with Crippen LogP contribution in [0.25, 0.3) is 11.5 Å². The van der Waals surface area contributed by atoms with E-state index in [0.717, 1.165) is 30.2 Å². The van der Waals surface area contributed by atoms with Gasteiger partial charge in [0.05, 0.1) is 24.2 Å². The maximum Gasteiger partial charge on any atom is 0.328 e. The van der Waals surface area contributed by atoms with Crippen molar-refractivity contribution in [1.82, 2.24) is 15.1 Å².